The smallest absolute Gasteiger partial charge is 0.243 e. The summed E-state index contributed by atoms with van der Waals surface area (Å²) in [6.07, 6.45) is 6.46. The van der Waals surface area contributed by atoms with Crippen LogP contribution in [0.3, 0.4) is 0 Å². The molecular weight excluding hydrogens is 330 g/mol. The van der Waals surface area contributed by atoms with Crippen LogP contribution in [0.5, 0.6) is 0 Å². The van der Waals surface area contributed by atoms with Gasteiger partial charge in [-0.3, -0.25) is 9.59 Å². The van der Waals surface area contributed by atoms with Crippen LogP contribution in [0.1, 0.15) is 48.1 Å². The first kappa shape index (κ1) is 18.1. The van der Waals surface area contributed by atoms with Crippen molar-refractivity contribution in [1.82, 2.24) is 26.0 Å². The molecule has 0 fully saturated rings. The normalized spacial score (nSPS) is 18.3. The molecule has 2 heterocycles. The molecule has 1 aromatic heterocycles. The Bertz CT molecular complexity index is 757. The quantitative estimate of drug-likeness (QED) is 0.778. The lowest BCUT2D eigenvalue weighted by Gasteiger charge is -2.21. The van der Waals surface area contributed by atoms with Gasteiger partial charge in [0.1, 0.15) is 11.7 Å². The van der Waals surface area contributed by atoms with Crippen LogP contribution in [0.2, 0.25) is 0 Å². The van der Waals surface area contributed by atoms with Gasteiger partial charge in [0.25, 0.3) is 0 Å². The molecule has 2 aromatic rings. The van der Waals surface area contributed by atoms with E-state index in [9.17, 15) is 9.59 Å². The molecule has 0 saturated carbocycles. The van der Waals surface area contributed by atoms with Gasteiger partial charge in [-0.05, 0) is 42.9 Å². The lowest BCUT2D eigenvalue weighted by Crippen LogP contribution is -2.48. The highest BCUT2D eigenvalue weighted by molar-refractivity contribution is 5.87. The zero-order valence-corrected chi connectivity index (χ0v) is 15.0. The highest BCUT2D eigenvalue weighted by Gasteiger charge is 2.22. The molecule has 1 aliphatic rings. The SMILES string of the molecule is Cc1c2cccc1C[C@@H](C(=O)NCc1cn[nH]n1)NC(=O)CCCCC2. The number of aromatic nitrogens is 3. The van der Waals surface area contributed by atoms with Gasteiger partial charge in [0.2, 0.25) is 11.8 Å². The zero-order chi connectivity index (χ0) is 18.4. The van der Waals surface area contributed by atoms with Crippen molar-refractivity contribution in [2.75, 3.05) is 0 Å². The van der Waals surface area contributed by atoms with Crippen molar-refractivity contribution in [1.29, 1.82) is 0 Å². The minimum atomic E-state index is -0.595. The number of H-pyrrole nitrogens is 1. The third kappa shape index (κ3) is 4.68. The van der Waals surface area contributed by atoms with Gasteiger partial charge in [0.15, 0.2) is 0 Å². The molecule has 3 N–H and O–H groups in total. The maximum atomic E-state index is 12.7. The topological polar surface area (TPSA) is 99.8 Å². The van der Waals surface area contributed by atoms with Crippen LogP contribution in [0.4, 0.5) is 0 Å². The first-order valence-corrected chi connectivity index (χ1v) is 9.12. The third-order valence-electron chi connectivity index (χ3n) is 4.89. The molecule has 2 bridgehead atoms. The van der Waals surface area contributed by atoms with Crippen molar-refractivity contribution in [3.05, 3.63) is 46.8 Å². The molecule has 0 unspecified atom stereocenters. The van der Waals surface area contributed by atoms with Gasteiger partial charge in [-0.1, -0.05) is 24.6 Å². The second-order valence-electron chi connectivity index (χ2n) is 6.77. The van der Waals surface area contributed by atoms with Crippen LogP contribution in [0.25, 0.3) is 0 Å². The number of hydrogen-bond acceptors (Lipinski definition) is 4. The number of nitrogens with zero attached hydrogens (tertiary/aromatic N) is 2. The average Bonchev–Trinajstić information content (AvgIpc) is 3.14. The third-order valence-corrected chi connectivity index (χ3v) is 4.89. The summed E-state index contributed by atoms with van der Waals surface area (Å²) in [7, 11) is 0. The maximum Gasteiger partial charge on any atom is 0.243 e. The molecule has 26 heavy (non-hydrogen) atoms. The molecule has 1 aliphatic heterocycles. The first-order chi connectivity index (χ1) is 12.6. The van der Waals surface area contributed by atoms with Gasteiger partial charge >= 0.3 is 0 Å². The molecule has 1 aromatic carbocycles. The minimum Gasteiger partial charge on any atom is -0.349 e. The van der Waals surface area contributed by atoms with E-state index in [1.54, 1.807) is 6.20 Å². The van der Waals surface area contributed by atoms with Gasteiger partial charge in [0.05, 0.1) is 12.7 Å². The van der Waals surface area contributed by atoms with Gasteiger partial charge in [-0.2, -0.15) is 15.4 Å². The van der Waals surface area contributed by atoms with E-state index in [0.717, 1.165) is 31.2 Å². The Morgan fingerprint density at radius 3 is 2.85 bits per heavy atom. The van der Waals surface area contributed by atoms with Gasteiger partial charge in [-0.25, -0.2) is 0 Å². The highest BCUT2D eigenvalue weighted by Crippen LogP contribution is 2.19. The van der Waals surface area contributed by atoms with Crippen molar-refractivity contribution in [3.8, 4) is 0 Å². The number of benzene rings is 1. The van der Waals surface area contributed by atoms with E-state index in [-0.39, 0.29) is 18.4 Å². The summed E-state index contributed by atoms with van der Waals surface area (Å²) < 4.78 is 0. The predicted molar refractivity (Wildman–Crippen MR) is 97.2 cm³/mol. The second-order valence-corrected chi connectivity index (χ2v) is 6.77. The molecule has 2 amide bonds. The van der Waals surface area contributed by atoms with Crippen LogP contribution in [-0.2, 0) is 29.0 Å². The Kier molecular flexibility index (Phi) is 5.99. The van der Waals surface area contributed by atoms with Crippen LogP contribution >= 0.6 is 0 Å². The van der Waals surface area contributed by atoms with E-state index in [1.807, 2.05) is 12.1 Å². The number of carbonyl (C=O) groups is 2. The summed E-state index contributed by atoms with van der Waals surface area (Å²) in [5.41, 5.74) is 4.30. The van der Waals surface area contributed by atoms with Crippen molar-refractivity contribution < 1.29 is 9.59 Å². The number of rotatable bonds is 3. The molecule has 0 aliphatic carbocycles. The van der Waals surface area contributed by atoms with E-state index >= 15 is 0 Å². The van der Waals surface area contributed by atoms with Crippen molar-refractivity contribution in [2.45, 2.75) is 58.0 Å². The molecule has 3 rings (SSSR count). The Hall–Kier alpha value is -2.70. The molecular formula is C19H25N5O2. The number of nitrogens with one attached hydrogen (secondary N) is 3. The number of amides is 2. The fourth-order valence-corrected chi connectivity index (χ4v) is 3.31. The summed E-state index contributed by atoms with van der Waals surface area (Å²) in [6, 6.07) is 5.63. The first-order valence-electron chi connectivity index (χ1n) is 9.12. The lowest BCUT2D eigenvalue weighted by atomic mass is 9.93. The van der Waals surface area contributed by atoms with Crippen LogP contribution < -0.4 is 10.6 Å². The van der Waals surface area contributed by atoms with E-state index in [4.69, 9.17) is 0 Å². The van der Waals surface area contributed by atoms with Crippen LogP contribution in [0.15, 0.2) is 24.4 Å². The standard InChI is InChI=1S/C19H25N5O2/c1-13-14-6-3-2-4-9-18(25)22-17(10-15(13)8-5-7-14)19(26)20-11-16-12-21-24-23-16/h5,7-8,12,17H,2-4,6,9-11H2,1H3,(H,20,26)(H,22,25)(H,21,23,24)/t17-/m0/s1. The summed E-state index contributed by atoms with van der Waals surface area (Å²) >= 11 is 0. The Balaban J connectivity index is 1.77. The number of carbonyl (C=O) groups excluding carboxylic acids is 2. The van der Waals surface area contributed by atoms with E-state index < -0.39 is 6.04 Å². The van der Waals surface area contributed by atoms with E-state index in [1.165, 1.54) is 11.1 Å². The maximum absolute atomic E-state index is 12.7. The van der Waals surface area contributed by atoms with Crippen molar-refractivity contribution >= 4 is 11.8 Å². The summed E-state index contributed by atoms with van der Waals surface area (Å²) in [6.45, 7) is 2.38. The zero-order valence-electron chi connectivity index (χ0n) is 15.0. The molecule has 138 valence electrons. The van der Waals surface area contributed by atoms with Crippen LogP contribution in [-0.4, -0.2) is 33.3 Å². The lowest BCUT2D eigenvalue weighted by molar-refractivity contribution is -0.129. The fraction of sp³-hybridized carbons (Fsp3) is 0.474. The molecule has 7 heteroatoms. The molecule has 1 atom stereocenters. The second kappa shape index (κ2) is 8.60. The fourth-order valence-electron chi connectivity index (χ4n) is 3.31. The number of aryl methyl sites for hydroxylation is 1. The van der Waals surface area contributed by atoms with E-state index in [2.05, 4.69) is 39.0 Å². The Labute approximate surface area is 153 Å². The predicted octanol–water partition coefficient (Wildman–Crippen LogP) is 1.57. The molecule has 0 saturated heterocycles. The summed E-state index contributed by atoms with van der Waals surface area (Å²) in [5.74, 6) is -0.274. The molecule has 0 radical (unpaired) electrons. The minimum absolute atomic E-state index is 0.0685. The Morgan fingerprint density at radius 1 is 1.23 bits per heavy atom. The summed E-state index contributed by atoms with van der Waals surface area (Å²) in [4.78, 5) is 24.9. The monoisotopic (exact) mass is 355 g/mol. The van der Waals surface area contributed by atoms with Gasteiger partial charge in [0, 0.05) is 12.8 Å². The highest BCUT2D eigenvalue weighted by atomic mass is 16.2. The van der Waals surface area contributed by atoms with Crippen molar-refractivity contribution in [3.63, 3.8) is 0 Å². The van der Waals surface area contributed by atoms with Gasteiger partial charge in [-0.15, -0.1) is 0 Å². The Morgan fingerprint density at radius 2 is 2.04 bits per heavy atom. The van der Waals surface area contributed by atoms with Gasteiger partial charge < -0.3 is 10.6 Å². The van der Waals surface area contributed by atoms with E-state index in [0.29, 0.717) is 18.5 Å². The average molecular weight is 355 g/mol. The number of hydrogen-bond donors (Lipinski definition) is 3. The van der Waals surface area contributed by atoms with Crippen molar-refractivity contribution in [2.24, 2.45) is 0 Å². The number of fused-ring (bicyclic) bond motifs is 2. The van der Waals surface area contributed by atoms with Crippen LogP contribution in [0, 0.1) is 6.92 Å². The largest absolute Gasteiger partial charge is 0.349 e. The number of aromatic amines is 1. The molecule has 0 spiro atoms. The molecule has 7 nitrogen and oxygen atoms in total. The summed E-state index contributed by atoms with van der Waals surface area (Å²) in [5, 5.41) is 15.9.